The first kappa shape index (κ1) is 18.5. The zero-order valence-electron chi connectivity index (χ0n) is 14.8. The highest BCUT2D eigenvalue weighted by atomic mass is 32.2. The SMILES string of the molecule is Cc1ccc(N=C2NN=C(c3ccc(NS(C)(=O)=O)cc3)CS2)cc1C. The molecule has 0 saturated heterocycles. The third-order valence-electron chi connectivity index (χ3n) is 3.87. The smallest absolute Gasteiger partial charge is 0.229 e. The van der Waals surface area contributed by atoms with Gasteiger partial charge in [-0.25, -0.2) is 13.4 Å². The Balaban J connectivity index is 1.71. The Morgan fingerprint density at radius 2 is 1.85 bits per heavy atom. The first-order valence-corrected chi connectivity index (χ1v) is 10.9. The van der Waals surface area contributed by atoms with Gasteiger partial charge in [-0.2, -0.15) is 5.10 Å². The molecule has 0 amide bonds. The molecule has 3 rings (SSSR count). The van der Waals surface area contributed by atoms with E-state index in [0.717, 1.165) is 28.4 Å². The van der Waals surface area contributed by atoms with Gasteiger partial charge in [0.05, 0.1) is 17.7 Å². The maximum Gasteiger partial charge on any atom is 0.229 e. The van der Waals surface area contributed by atoms with Crippen LogP contribution in [-0.2, 0) is 10.0 Å². The quantitative estimate of drug-likeness (QED) is 0.841. The second-order valence-corrected chi connectivity index (χ2v) is 8.81. The molecule has 26 heavy (non-hydrogen) atoms. The van der Waals surface area contributed by atoms with E-state index in [0.29, 0.717) is 11.4 Å². The second kappa shape index (κ2) is 7.51. The van der Waals surface area contributed by atoms with Crippen molar-refractivity contribution < 1.29 is 8.42 Å². The number of nitrogens with one attached hydrogen (secondary N) is 2. The summed E-state index contributed by atoms with van der Waals surface area (Å²) in [5.41, 5.74) is 8.70. The molecule has 0 saturated carbocycles. The Bertz CT molecular complexity index is 981. The normalized spacial score (nSPS) is 16.1. The van der Waals surface area contributed by atoms with E-state index in [1.165, 1.54) is 11.1 Å². The van der Waals surface area contributed by atoms with Crippen LogP contribution in [0.2, 0.25) is 0 Å². The monoisotopic (exact) mass is 388 g/mol. The van der Waals surface area contributed by atoms with Crippen LogP contribution >= 0.6 is 11.8 Å². The molecule has 0 bridgehead atoms. The van der Waals surface area contributed by atoms with E-state index < -0.39 is 10.0 Å². The van der Waals surface area contributed by atoms with Crippen LogP contribution in [0, 0.1) is 13.8 Å². The predicted octanol–water partition coefficient (Wildman–Crippen LogP) is 3.40. The molecule has 0 radical (unpaired) electrons. The van der Waals surface area contributed by atoms with Gasteiger partial charge in [0.1, 0.15) is 0 Å². The van der Waals surface area contributed by atoms with Gasteiger partial charge in [0, 0.05) is 11.4 Å². The molecule has 0 fully saturated rings. The molecule has 6 nitrogen and oxygen atoms in total. The molecule has 0 unspecified atom stereocenters. The van der Waals surface area contributed by atoms with Gasteiger partial charge in [0.2, 0.25) is 10.0 Å². The van der Waals surface area contributed by atoms with E-state index in [2.05, 4.69) is 46.2 Å². The average molecular weight is 389 g/mol. The van der Waals surface area contributed by atoms with Crippen LogP contribution in [0.5, 0.6) is 0 Å². The van der Waals surface area contributed by atoms with Gasteiger partial charge in [-0.1, -0.05) is 30.0 Å². The fraction of sp³-hybridized carbons (Fsp3) is 0.222. The summed E-state index contributed by atoms with van der Waals surface area (Å²) in [6.07, 6.45) is 1.13. The van der Waals surface area contributed by atoms with Gasteiger partial charge >= 0.3 is 0 Å². The number of sulfonamides is 1. The van der Waals surface area contributed by atoms with Crippen molar-refractivity contribution in [3.05, 3.63) is 59.2 Å². The van der Waals surface area contributed by atoms with Crippen LogP contribution in [0.25, 0.3) is 0 Å². The van der Waals surface area contributed by atoms with Gasteiger partial charge in [-0.05, 0) is 54.8 Å². The number of thioether (sulfide) groups is 1. The number of hydrogen-bond donors (Lipinski definition) is 2. The molecule has 1 aliphatic rings. The highest BCUT2D eigenvalue weighted by Gasteiger charge is 2.13. The van der Waals surface area contributed by atoms with Crippen molar-refractivity contribution in [3.8, 4) is 0 Å². The van der Waals surface area contributed by atoms with Gasteiger partial charge in [-0.15, -0.1) is 0 Å². The maximum atomic E-state index is 11.3. The molecular formula is C18H20N4O2S2. The minimum absolute atomic E-state index is 0.533. The van der Waals surface area contributed by atoms with Crippen molar-refractivity contribution >= 4 is 44.0 Å². The number of hydrazone groups is 1. The number of aryl methyl sites for hydroxylation is 2. The standard InChI is InChI=1S/C18H20N4O2S2/c1-12-4-7-16(10-13(12)2)19-18-21-20-17(11-25-18)14-5-8-15(9-6-14)22-26(3,23)24/h4-10,22H,11H2,1-3H3,(H,19,21). The molecule has 0 spiro atoms. The lowest BCUT2D eigenvalue weighted by molar-refractivity contribution is 0.607. The van der Waals surface area contributed by atoms with Crippen molar-refractivity contribution in [2.45, 2.75) is 13.8 Å². The zero-order chi connectivity index (χ0) is 18.7. The fourth-order valence-corrected chi connectivity index (χ4v) is 3.73. The Morgan fingerprint density at radius 1 is 1.12 bits per heavy atom. The Labute approximate surface area is 157 Å². The molecular weight excluding hydrogens is 368 g/mol. The Kier molecular flexibility index (Phi) is 5.33. The summed E-state index contributed by atoms with van der Waals surface area (Å²) in [6, 6.07) is 13.2. The van der Waals surface area contributed by atoms with Crippen LogP contribution < -0.4 is 10.1 Å². The van der Waals surface area contributed by atoms with Gasteiger partial charge in [-0.3, -0.25) is 10.1 Å². The first-order chi connectivity index (χ1) is 12.3. The van der Waals surface area contributed by atoms with Crippen LogP contribution in [0.1, 0.15) is 16.7 Å². The highest BCUT2D eigenvalue weighted by Crippen LogP contribution is 2.21. The largest absolute Gasteiger partial charge is 0.284 e. The number of amidine groups is 1. The van der Waals surface area contributed by atoms with Gasteiger partial charge < -0.3 is 0 Å². The van der Waals surface area contributed by atoms with Crippen LogP contribution in [-0.4, -0.2) is 31.3 Å². The molecule has 136 valence electrons. The number of benzene rings is 2. The van der Waals surface area contributed by atoms with E-state index in [1.807, 2.05) is 18.2 Å². The molecule has 0 aromatic heterocycles. The number of aliphatic imine (C=N–C) groups is 1. The third kappa shape index (κ3) is 4.86. The van der Waals surface area contributed by atoms with E-state index >= 15 is 0 Å². The van der Waals surface area contributed by atoms with E-state index in [1.54, 1.807) is 23.9 Å². The van der Waals surface area contributed by atoms with Crippen LogP contribution in [0.3, 0.4) is 0 Å². The van der Waals surface area contributed by atoms with Crippen molar-refractivity contribution in [1.29, 1.82) is 0 Å². The number of rotatable bonds is 4. The first-order valence-electron chi connectivity index (χ1n) is 8.00. The van der Waals surface area contributed by atoms with Crippen molar-refractivity contribution in [2.75, 3.05) is 16.7 Å². The van der Waals surface area contributed by atoms with E-state index in [-0.39, 0.29) is 0 Å². The van der Waals surface area contributed by atoms with Crippen molar-refractivity contribution in [3.63, 3.8) is 0 Å². The maximum absolute atomic E-state index is 11.3. The minimum atomic E-state index is -3.27. The van der Waals surface area contributed by atoms with Crippen molar-refractivity contribution in [2.24, 2.45) is 10.1 Å². The third-order valence-corrected chi connectivity index (χ3v) is 5.35. The molecule has 2 N–H and O–H groups in total. The fourth-order valence-electron chi connectivity index (χ4n) is 2.38. The summed E-state index contributed by atoms with van der Waals surface area (Å²) in [4.78, 5) is 4.59. The summed E-state index contributed by atoms with van der Waals surface area (Å²) < 4.78 is 24.9. The molecule has 8 heteroatoms. The molecule has 1 heterocycles. The molecule has 1 aliphatic heterocycles. The lowest BCUT2D eigenvalue weighted by Crippen LogP contribution is -2.25. The molecule has 0 aliphatic carbocycles. The highest BCUT2D eigenvalue weighted by molar-refractivity contribution is 8.14. The van der Waals surface area contributed by atoms with Gasteiger partial charge in [0.25, 0.3) is 0 Å². The summed E-state index contributed by atoms with van der Waals surface area (Å²) in [6.45, 7) is 4.15. The average Bonchev–Trinajstić information content (AvgIpc) is 2.58. The summed E-state index contributed by atoms with van der Waals surface area (Å²) in [7, 11) is -3.27. The lowest BCUT2D eigenvalue weighted by atomic mass is 10.1. The predicted molar refractivity (Wildman–Crippen MR) is 110 cm³/mol. The summed E-state index contributed by atoms with van der Waals surface area (Å²) >= 11 is 1.58. The second-order valence-electron chi connectivity index (χ2n) is 6.10. The summed E-state index contributed by atoms with van der Waals surface area (Å²) in [5.74, 6) is 0.690. The summed E-state index contributed by atoms with van der Waals surface area (Å²) in [5, 5.41) is 5.15. The van der Waals surface area contributed by atoms with Crippen molar-refractivity contribution in [1.82, 2.24) is 5.43 Å². The topological polar surface area (TPSA) is 82.9 Å². The molecule has 2 aromatic rings. The molecule has 2 aromatic carbocycles. The number of anilines is 1. The lowest BCUT2D eigenvalue weighted by Gasteiger charge is -2.15. The molecule has 0 atom stereocenters. The van der Waals surface area contributed by atoms with Crippen LogP contribution in [0.4, 0.5) is 11.4 Å². The Hall–Kier alpha value is -2.32. The minimum Gasteiger partial charge on any atom is -0.284 e. The Morgan fingerprint density at radius 3 is 2.42 bits per heavy atom. The van der Waals surface area contributed by atoms with Gasteiger partial charge in [0.15, 0.2) is 5.17 Å². The number of nitrogens with zero attached hydrogens (tertiary/aromatic N) is 2. The zero-order valence-corrected chi connectivity index (χ0v) is 16.4. The van der Waals surface area contributed by atoms with E-state index in [4.69, 9.17) is 0 Å². The number of hydrogen-bond acceptors (Lipinski definition) is 5. The van der Waals surface area contributed by atoms with E-state index in [9.17, 15) is 8.42 Å². The van der Waals surface area contributed by atoms with Crippen LogP contribution in [0.15, 0.2) is 52.6 Å².